The molecule has 4 nitrogen and oxygen atoms in total. The SMILES string of the molecule is CC1(C)C/C(=N\O)C(=O)C(C)(C)[NH2+]1.[Cl-]. The van der Waals surface area contributed by atoms with Crippen molar-refractivity contribution in [1.29, 1.82) is 0 Å². The zero-order valence-electron chi connectivity index (χ0n) is 8.97. The maximum atomic E-state index is 11.6. The van der Waals surface area contributed by atoms with Crippen LogP contribution in [0.2, 0.25) is 0 Å². The van der Waals surface area contributed by atoms with E-state index in [4.69, 9.17) is 5.21 Å². The van der Waals surface area contributed by atoms with Crippen LogP contribution < -0.4 is 17.7 Å². The standard InChI is InChI=1S/C9H16N2O2.ClH/c1-8(2)5-6(10-13)7(12)9(3,4)11-8;/h11,13H,5H2,1-4H3;1H/b10-6+;. The highest BCUT2D eigenvalue weighted by Gasteiger charge is 2.47. The van der Waals surface area contributed by atoms with Crippen LogP contribution in [-0.4, -0.2) is 27.8 Å². The number of nitrogens with two attached hydrogens (primary N) is 1. The van der Waals surface area contributed by atoms with Crippen molar-refractivity contribution in [1.82, 2.24) is 0 Å². The van der Waals surface area contributed by atoms with Crippen LogP contribution in [0.25, 0.3) is 0 Å². The largest absolute Gasteiger partial charge is 1.00 e. The summed E-state index contributed by atoms with van der Waals surface area (Å²) in [7, 11) is 0. The lowest BCUT2D eigenvalue weighted by Gasteiger charge is -2.37. The predicted molar refractivity (Wildman–Crippen MR) is 48.9 cm³/mol. The fourth-order valence-electron chi connectivity index (χ4n) is 2.06. The van der Waals surface area contributed by atoms with Crippen LogP contribution in [0.5, 0.6) is 0 Å². The second-order valence-corrected chi connectivity index (χ2v) is 4.91. The zero-order valence-corrected chi connectivity index (χ0v) is 9.72. The molecule has 0 aliphatic carbocycles. The van der Waals surface area contributed by atoms with E-state index in [1.165, 1.54) is 0 Å². The fraction of sp³-hybridized carbons (Fsp3) is 0.778. The molecular formula is C9H17ClN2O2. The first kappa shape index (κ1) is 13.4. The number of halogens is 1. The van der Waals surface area contributed by atoms with Gasteiger partial charge < -0.3 is 22.9 Å². The molecule has 1 heterocycles. The maximum absolute atomic E-state index is 11.6. The topological polar surface area (TPSA) is 66.3 Å². The second kappa shape index (κ2) is 3.87. The molecule has 14 heavy (non-hydrogen) atoms. The molecule has 0 bridgehead atoms. The van der Waals surface area contributed by atoms with Gasteiger partial charge in [-0.2, -0.15) is 0 Å². The average molecular weight is 221 g/mol. The van der Waals surface area contributed by atoms with Crippen molar-refractivity contribution in [2.45, 2.75) is 45.2 Å². The number of oxime groups is 1. The van der Waals surface area contributed by atoms with E-state index in [1.54, 1.807) is 0 Å². The number of rotatable bonds is 0. The van der Waals surface area contributed by atoms with Crippen LogP contribution in [0.3, 0.4) is 0 Å². The summed E-state index contributed by atoms with van der Waals surface area (Å²) in [4.78, 5) is 11.6. The number of carbonyl (C=O) groups excluding carboxylic acids is 1. The molecular weight excluding hydrogens is 204 g/mol. The summed E-state index contributed by atoms with van der Waals surface area (Å²) in [5.41, 5.74) is -0.292. The molecule has 0 aromatic carbocycles. The van der Waals surface area contributed by atoms with Gasteiger partial charge >= 0.3 is 0 Å². The quantitative estimate of drug-likeness (QED) is 0.336. The summed E-state index contributed by atoms with van der Waals surface area (Å²) < 4.78 is 0. The molecule has 82 valence electrons. The Morgan fingerprint density at radius 1 is 1.36 bits per heavy atom. The molecule has 3 N–H and O–H groups in total. The van der Waals surface area contributed by atoms with Crippen molar-refractivity contribution in [3.05, 3.63) is 0 Å². The molecule has 0 radical (unpaired) electrons. The highest BCUT2D eigenvalue weighted by Crippen LogP contribution is 2.16. The molecule has 1 saturated heterocycles. The Labute approximate surface area is 90.2 Å². The van der Waals surface area contributed by atoms with Gasteiger partial charge in [0.1, 0.15) is 5.71 Å². The van der Waals surface area contributed by atoms with Gasteiger partial charge in [-0.1, -0.05) is 5.16 Å². The van der Waals surface area contributed by atoms with Crippen molar-refractivity contribution in [2.24, 2.45) is 5.16 Å². The van der Waals surface area contributed by atoms with E-state index in [-0.39, 0.29) is 29.4 Å². The van der Waals surface area contributed by atoms with Gasteiger partial charge in [0.25, 0.3) is 0 Å². The van der Waals surface area contributed by atoms with Crippen molar-refractivity contribution in [3.63, 3.8) is 0 Å². The van der Waals surface area contributed by atoms with Crippen molar-refractivity contribution in [2.75, 3.05) is 0 Å². The molecule has 0 unspecified atom stereocenters. The highest BCUT2D eigenvalue weighted by atomic mass is 35.5. The third kappa shape index (κ3) is 2.45. The van der Waals surface area contributed by atoms with Gasteiger partial charge in [0, 0.05) is 0 Å². The number of hydrogen-bond acceptors (Lipinski definition) is 3. The van der Waals surface area contributed by atoms with Gasteiger partial charge in [0.05, 0.1) is 12.0 Å². The number of Topliss-reactive ketones (excluding diaryl/α,β-unsaturated/α-hetero) is 1. The van der Waals surface area contributed by atoms with E-state index in [2.05, 4.69) is 5.16 Å². The van der Waals surface area contributed by atoms with Gasteiger partial charge in [-0.15, -0.1) is 0 Å². The molecule has 1 aliphatic rings. The van der Waals surface area contributed by atoms with E-state index in [0.29, 0.717) is 6.42 Å². The summed E-state index contributed by atoms with van der Waals surface area (Å²) in [6.45, 7) is 7.77. The molecule has 0 aromatic heterocycles. The summed E-state index contributed by atoms with van der Waals surface area (Å²) in [6, 6.07) is 0. The number of nitrogens with zero attached hydrogens (tertiary/aromatic N) is 1. The third-order valence-corrected chi connectivity index (χ3v) is 2.34. The minimum Gasteiger partial charge on any atom is -1.00 e. The van der Waals surface area contributed by atoms with Gasteiger partial charge in [0.15, 0.2) is 5.54 Å². The molecule has 0 amide bonds. The van der Waals surface area contributed by atoms with Crippen molar-refractivity contribution >= 4 is 11.5 Å². The number of hydrogen-bond donors (Lipinski definition) is 2. The average Bonchev–Trinajstić information content (AvgIpc) is 1.95. The number of ketones is 1. The molecule has 1 rings (SSSR count). The maximum Gasteiger partial charge on any atom is 0.240 e. The van der Waals surface area contributed by atoms with Crippen LogP contribution in [-0.2, 0) is 4.79 Å². The summed E-state index contributed by atoms with van der Waals surface area (Å²) in [6.07, 6.45) is 0.520. The number of carbonyl (C=O) groups is 1. The lowest BCUT2D eigenvalue weighted by Crippen LogP contribution is -3.07. The first-order valence-electron chi connectivity index (χ1n) is 4.41. The fourth-order valence-corrected chi connectivity index (χ4v) is 2.06. The second-order valence-electron chi connectivity index (χ2n) is 4.91. The lowest BCUT2D eigenvalue weighted by atomic mass is 9.80. The molecule has 0 saturated carbocycles. The molecule has 0 atom stereocenters. The first-order valence-corrected chi connectivity index (χ1v) is 4.41. The smallest absolute Gasteiger partial charge is 0.240 e. The Morgan fingerprint density at radius 2 is 1.86 bits per heavy atom. The van der Waals surface area contributed by atoms with Crippen LogP contribution in [0.15, 0.2) is 5.16 Å². The Hall–Kier alpha value is -0.610. The molecule has 5 heteroatoms. The van der Waals surface area contributed by atoms with Crippen LogP contribution in [0.4, 0.5) is 0 Å². The van der Waals surface area contributed by atoms with Crippen molar-refractivity contribution < 1.29 is 27.7 Å². The number of piperidine rings is 1. The van der Waals surface area contributed by atoms with E-state index in [9.17, 15) is 4.79 Å². The minimum atomic E-state index is -0.511. The van der Waals surface area contributed by atoms with Gasteiger partial charge in [0.2, 0.25) is 5.78 Å². The van der Waals surface area contributed by atoms with Gasteiger partial charge in [-0.05, 0) is 27.7 Å². The van der Waals surface area contributed by atoms with Crippen LogP contribution >= 0.6 is 0 Å². The lowest BCUT2D eigenvalue weighted by molar-refractivity contribution is -0.766. The summed E-state index contributed by atoms with van der Waals surface area (Å²) in [5.74, 6) is -0.0747. The van der Waals surface area contributed by atoms with E-state index in [0.717, 1.165) is 0 Å². The first-order chi connectivity index (χ1) is 5.78. The van der Waals surface area contributed by atoms with E-state index < -0.39 is 5.54 Å². The Kier molecular flexibility index (Phi) is 3.70. The molecule has 0 spiro atoms. The Bertz CT molecular complexity index is 272. The Balaban J connectivity index is 0.00000169. The monoisotopic (exact) mass is 220 g/mol. The molecule has 1 fully saturated rings. The van der Waals surface area contributed by atoms with Crippen LogP contribution in [0, 0.1) is 0 Å². The highest BCUT2D eigenvalue weighted by molar-refractivity contribution is 6.42. The summed E-state index contributed by atoms with van der Waals surface area (Å²) >= 11 is 0. The number of quaternary nitrogens is 1. The van der Waals surface area contributed by atoms with Crippen LogP contribution in [0.1, 0.15) is 34.1 Å². The normalized spacial score (nSPS) is 27.1. The van der Waals surface area contributed by atoms with E-state index >= 15 is 0 Å². The van der Waals surface area contributed by atoms with Gasteiger partial charge in [-0.25, -0.2) is 0 Å². The zero-order chi connectivity index (χ0) is 10.3. The van der Waals surface area contributed by atoms with Crippen molar-refractivity contribution in [3.8, 4) is 0 Å². The molecule has 0 aromatic rings. The molecule has 1 aliphatic heterocycles. The minimum absolute atomic E-state index is 0. The van der Waals surface area contributed by atoms with Gasteiger partial charge in [-0.3, -0.25) is 4.79 Å². The summed E-state index contributed by atoms with van der Waals surface area (Å²) in [5, 5.41) is 13.8. The Morgan fingerprint density at radius 3 is 2.29 bits per heavy atom. The third-order valence-electron chi connectivity index (χ3n) is 2.34. The predicted octanol–water partition coefficient (Wildman–Crippen LogP) is -3.09. The van der Waals surface area contributed by atoms with E-state index in [1.807, 2.05) is 33.0 Å².